The zero-order valence-corrected chi connectivity index (χ0v) is 18.3. The van der Waals surface area contributed by atoms with Crippen molar-refractivity contribution in [1.82, 2.24) is 19.9 Å². The Bertz CT molecular complexity index is 773. The SMILES string of the molecule is CCCCC[C@H](CN(O)C=O)C(=O)N(N)c1ncc(C(F)(F)F)c(N2CCN(C)CC2)n1. The number of hydrazine groups is 1. The average Bonchev–Trinajstić information content (AvgIpc) is 2.76. The topological polar surface area (TPSA) is 119 Å². The summed E-state index contributed by atoms with van der Waals surface area (Å²) in [6, 6.07) is 0. The monoisotopic (exact) mass is 461 g/mol. The minimum Gasteiger partial charge on any atom is -0.353 e. The van der Waals surface area contributed by atoms with E-state index in [1.807, 2.05) is 18.9 Å². The summed E-state index contributed by atoms with van der Waals surface area (Å²) < 4.78 is 40.7. The van der Waals surface area contributed by atoms with Gasteiger partial charge in [-0.3, -0.25) is 14.8 Å². The van der Waals surface area contributed by atoms with Gasteiger partial charge in [-0.2, -0.15) is 18.2 Å². The highest BCUT2D eigenvalue weighted by molar-refractivity contribution is 5.92. The van der Waals surface area contributed by atoms with Crippen LogP contribution < -0.4 is 15.8 Å². The van der Waals surface area contributed by atoms with E-state index in [1.165, 1.54) is 4.90 Å². The van der Waals surface area contributed by atoms with Gasteiger partial charge < -0.3 is 9.80 Å². The van der Waals surface area contributed by atoms with Crippen LogP contribution in [0.2, 0.25) is 0 Å². The van der Waals surface area contributed by atoms with Gasteiger partial charge in [0, 0.05) is 32.4 Å². The van der Waals surface area contributed by atoms with Gasteiger partial charge in [0.1, 0.15) is 11.4 Å². The molecule has 32 heavy (non-hydrogen) atoms. The lowest BCUT2D eigenvalue weighted by molar-refractivity contribution is -0.154. The number of amides is 2. The Morgan fingerprint density at radius 2 is 1.97 bits per heavy atom. The van der Waals surface area contributed by atoms with Gasteiger partial charge in [0.05, 0.1) is 12.5 Å². The Morgan fingerprint density at radius 3 is 2.53 bits per heavy atom. The molecule has 0 aliphatic carbocycles. The van der Waals surface area contributed by atoms with Crippen molar-refractivity contribution in [2.75, 3.05) is 49.7 Å². The summed E-state index contributed by atoms with van der Waals surface area (Å²) in [5, 5.41) is 10.5. The molecule has 1 fully saturated rings. The van der Waals surface area contributed by atoms with Gasteiger partial charge in [-0.25, -0.2) is 20.9 Å². The van der Waals surface area contributed by atoms with Gasteiger partial charge in [-0.05, 0) is 13.5 Å². The number of hydrogen-bond acceptors (Lipinski definition) is 8. The normalized spacial score (nSPS) is 16.0. The van der Waals surface area contributed by atoms with Crippen molar-refractivity contribution in [2.45, 2.75) is 38.8 Å². The van der Waals surface area contributed by atoms with Crippen molar-refractivity contribution in [1.29, 1.82) is 0 Å². The number of rotatable bonds is 10. The number of aromatic nitrogens is 2. The zero-order chi connectivity index (χ0) is 23.9. The molecular weight excluding hydrogens is 431 g/mol. The fraction of sp³-hybridized carbons (Fsp3) is 0.684. The number of carbonyl (C=O) groups is 2. The largest absolute Gasteiger partial charge is 0.421 e. The molecule has 1 aromatic heterocycles. The minimum absolute atomic E-state index is 0.168. The van der Waals surface area contributed by atoms with Crippen molar-refractivity contribution < 1.29 is 28.0 Å². The van der Waals surface area contributed by atoms with E-state index in [2.05, 4.69) is 9.97 Å². The highest BCUT2D eigenvalue weighted by atomic mass is 19.4. The van der Waals surface area contributed by atoms with E-state index < -0.39 is 23.6 Å². The maximum Gasteiger partial charge on any atom is 0.421 e. The molecule has 1 aromatic rings. The van der Waals surface area contributed by atoms with Gasteiger partial charge in [0.15, 0.2) is 0 Å². The molecule has 1 atom stereocenters. The van der Waals surface area contributed by atoms with Crippen LogP contribution in [0, 0.1) is 5.92 Å². The number of piperazine rings is 1. The van der Waals surface area contributed by atoms with E-state index >= 15 is 0 Å². The quantitative estimate of drug-likeness (QED) is 0.134. The Balaban J connectivity index is 2.31. The summed E-state index contributed by atoms with van der Waals surface area (Å²) in [5.74, 6) is 3.62. The standard InChI is InChI=1S/C19H30F3N7O3/c1-3-4-5-6-14(12-28(32)13-30)17(31)29(23)18-24-11-15(19(20,21)22)16(25-18)27-9-7-26(2)8-10-27/h11,13-14,32H,3-10,12,23H2,1-2H3/t14-/m1/s1. The van der Waals surface area contributed by atoms with Crippen LogP contribution in [0.3, 0.4) is 0 Å². The third-order valence-corrected chi connectivity index (χ3v) is 5.35. The summed E-state index contributed by atoms with van der Waals surface area (Å²) in [6.45, 7) is 3.44. The number of nitrogens with zero attached hydrogens (tertiary/aromatic N) is 6. The minimum atomic E-state index is -4.68. The number of likely N-dealkylation sites (N-methyl/N-ethyl adjacent to an activating group) is 1. The summed E-state index contributed by atoms with van der Waals surface area (Å²) in [4.78, 5) is 34.9. The molecule has 0 spiro atoms. The van der Waals surface area contributed by atoms with E-state index in [0.29, 0.717) is 55.3 Å². The molecule has 1 saturated heterocycles. The molecule has 10 nitrogen and oxygen atoms in total. The second-order valence-corrected chi connectivity index (χ2v) is 7.82. The number of nitrogens with two attached hydrogens (primary N) is 1. The Kier molecular flexibility index (Phi) is 9.16. The molecule has 0 bridgehead atoms. The van der Waals surface area contributed by atoms with Gasteiger partial charge in [-0.1, -0.05) is 26.2 Å². The molecule has 13 heteroatoms. The molecule has 0 saturated carbocycles. The number of halogens is 3. The maximum atomic E-state index is 13.6. The highest BCUT2D eigenvalue weighted by Gasteiger charge is 2.38. The predicted octanol–water partition coefficient (Wildman–Crippen LogP) is 1.50. The number of carbonyl (C=O) groups excluding carboxylic acids is 2. The number of hydrogen-bond donors (Lipinski definition) is 2. The molecule has 0 radical (unpaired) electrons. The predicted molar refractivity (Wildman–Crippen MR) is 111 cm³/mol. The smallest absolute Gasteiger partial charge is 0.353 e. The van der Waals surface area contributed by atoms with Gasteiger partial charge in [0.2, 0.25) is 18.3 Å². The van der Waals surface area contributed by atoms with Crippen molar-refractivity contribution in [3.63, 3.8) is 0 Å². The van der Waals surface area contributed by atoms with E-state index in [-0.39, 0.29) is 24.7 Å². The molecule has 0 unspecified atom stereocenters. The lowest BCUT2D eigenvalue weighted by atomic mass is 10.00. The van der Waals surface area contributed by atoms with Crippen LogP contribution >= 0.6 is 0 Å². The first-order valence-electron chi connectivity index (χ1n) is 10.5. The zero-order valence-electron chi connectivity index (χ0n) is 18.3. The van der Waals surface area contributed by atoms with E-state index in [4.69, 9.17) is 5.84 Å². The fourth-order valence-corrected chi connectivity index (χ4v) is 3.44. The first-order valence-corrected chi connectivity index (χ1v) is 10.5. The van der Waals surface area contributed by atoms with Crippen molar-refractivity contribution in [2.24, 2.45) is 11.8 Å². The number of anilines is 2. The highest BCUT2D eigenvalue weighted by Crippen LogP contribution is 2.36. The van der Waals surface area contributed by atoms with Crippen LogP contribution in [0.1, 0.15) is 38.2 Å². The first-order chi connectivity index (χ1) is 15.1. The molecule has 2 heterocycles. The number of alkyl halides is 3. The first kappa shape index (κ1) is 25.7. The van der Waals surface area contributed by atoms with Crippen molar-refractivity contribution in [3.8, 4) is 0 Å². The molecule has 180 valence electrons. The summed E-state index contributed by atoms with van der Waals surface area (Å²) >= 11 is 0. The van der Waals surface area contributed by atoms with Gasteiger partial charge >= 0.3 is 6.18 Å². The maximum absolute atomic E-state index is 13.6. The third-order valence-electron chi connectivity index (χ3n) is 5.35. The third kappa shape index (κ3) is 6.74. The molecule has 2 amide bonds. The number of hydroxylamine groups is 2. The lowest BCUT2D eigenvalue weighted by Gasteiger charge is -2.34. The van der Waals surface area contributed by atoms with Gasteiger partial charge in [-0.15, -0.1) is 0 Å². The Labute approximate surface area is 184 Å². The molecule has 0 aromatic carbocycles. The van der Waals surface area contributed by atoms with E-state index in [9.17, 15) is 28.0 Å². The average molecular weight is 461 g/mol. The summed E-state index contributed by atoms with van der Waals surface area (Å²) in [5.41, 5.74) is -1.01. The lowest BCUT2D eigenvalue weighted by Crippen LogP contribution is -2.47. The molecular formula is C19H30F3N7O3. The van der Waals surface area contributed by atoms with Crippen molar-refractivity contribution in [3.05, 3.63) is 11.8 Å². The van der Waals surface area contributed by atoms with Crippen molar-refractivity contribution >= 4 is 24.1 Å². The Morgan fingerprint density at radius 1 is 1.31 bits per heavy atom. The molecule has 1 aliphatic rings. The van der Waals surface area contributed by atoms with Crippen LogP contribution in [0.4, 0.5) is 24.9 Å². The van der Waals surface area contributed by atoms with Crippen LogP contribution in [-0.2, 0) is 15.8 Å². The van der Waals surface area contributed by atoms with E-state index in [1.54, 1.807) is 0 Å². The van der Waals surface area contributed by atoms with Gasteiger partial charge in [0.25, 0.3) is 0 Å². The molecule has 2 rings (SSSR count). The summed E-state index contributed by atoms with van der Waals surface area (Å²) in [7, 11) is 1.87. The van der Waals surface area contributed by atoms with Crippen LogP contribution in [-0.4, -0.2) is 77.2 Å². The summed E-state index contributed by atoms with van der Waals surface area (Å²) in [6.07, 6.45) is -1.19. The van der Waals surface area contributed by atoms with Crippen LogP contribution in [0.5, 0.6) is 0 Å². The molecule has 1 aliphatic heterocycles. The fourth-order valence-electron chi connectivity index (χ4n) is 3.44. The molecule has 3 N–H and O–H groups in total. The second-order valence-electron chi connectivity index (χ2n) is 7.82. The van der Waals surface area contributed by atoms with Crippen LogP contribution in [0.25, 0.3) is 0 Å². The number of unbranched alkanes of at least 4 members (excludes halogenated alkanes) is 2. The van der Waals surface area contributed by atoms with E-state index in [0.717, 1.165) is 12.8 Å². The second kappa shape index (κ2) is 11.4. The van der Waals surface area contributed by atoms with Crippen LogP contribution in [0.15, 0.2) is 6.20 Å². The Hall–Kier alpha value is -2.51.